The van der Waals surface area contributed by atoms with Crippen LogP contribution in [0.3, 0.4) is 0 Å². The Bertz CT molecular complexity index is 733. The molecule has 27 heavy (non-hydrogen) atoms. The van der Waals surface area contributed by atoms with Gasteiger partial charge in [-0.2, -0.15) is 0 Å². The van der Waals surface area contributed by atoms with E-state index in [9.17, 15) is 4.79 Å². The van der Waals surface area contributed by atoms with Crippen molar-refractivity contribution in [2.24, 2.45) is 34.5 Å². The first-order chi connectivity index (χ1) is 12.6. The van der Waals surface area contributed by atoms with Crippen LogP contribution in [0, 0.1) is 34.5 Å². The van der Waals surface area contributed by atoms with E-state index >= 15 is 0 Å². The fraction of sp³-hybridized carbons (Fsp3) is 0.750. The van der Waals surface area contributed by atoms with Gasteiger partial charge in [0.1, 0.15) is 5.60 Å². The van der Waals surface area contributed by atoms with Crippen LogP contribution in [0.4, 0.5) is 0 Å². The fourth-order valence-electron chi connectivity index (χ4n) is 7.78. The van der Waals surface area contributed by atoms with E-state index in [2.05, 4.69) is 45.9 Å². The largest absolute Gasteiger partial charge is 0.460 e. The first-order valence-electron chi connectivity index (χ1n) is 10.7. The summed E-state index contributed by atoms with van der Waals surface area (Å²) in [6.07, 6.45) is 14.3. The average Bonchev–Trinajstić information content (AvgIpc) is 2.92. The van der Waals surface area contributed by atoms with Crippen molar-refractivity contribution in [1.29, 1.82) is 0 Å². The molecule has 0 radical (unpaired) electrons. The van der Waals surface area contributed by atoms with Gasteiger partial charge >= 0.3 is 5.97 Å². The van der Waals surface area contributed by atoms with Crippen LogP contribution in [-0.2, 0) is 9.53 Å². The molecule has 4 aliphatic carbocycles. The molecule has 4 rings (SSSR count). The average molecular weight is 387 g/mol. The van der Waals surface area contributed by atoms with E-state index in [0.29, 0.717) is 5.92 Å². The third-order valence-electron chi connectivity index (χ3n) is 8.80. The van der Waals surface area contributed by atoms with Crippen molar-refractivity contribution in [1.82, 2.24) is 0 Å². The highest BCUT2D eigenvalue weighted by molar-refractivity contribution is 7.81. The molecule has 3 heteroatoms. The zero-order valence-electron chi connectivity index (χ0n) is 17.5. The highest BCUT2D eigenvalue weighted by Gasteiger charge is 2.61. The van der Waals surface area contributed by atoms with Gasteiger partial charge < -0.3 is 4.74 Å². The number of carbonyl (C=O) groups excluding carboxylic acids is 1. The number of rotatable bonds is 2. The molecular weight excluding hydrogens is 352 g/mol. The van der Waals surface area contributed by atoms with Crippen LogP contribution < -0.4 is 0 Å². The lowest BCUT2D eigenvalue weighted by Gasteiger charge is -2.58. The molecule has 0 heterocycles. The summed E-state index contributed by atoms with van der Waals surface area (Å²) in [6.45, 7) is 10.8. The third kappa shape index (κ3) is 2.87. The minimum Gasteiger partial charge on any atom is -0.460 e. The minimum absolute atomic E-state index is 0.149. The number of hydrogen-bond donors (Lipinski definition) is 0. The second-order valence-electron chi connectivity index (χ2n) is 10.5. The van der Waals surface area contributed by atoms with Gasteiger partial charge in [0, 0.05) is 23.1 Å². The quantitative estimate of drug-likeness (QED) is 0.427. The summed E-state index contributed by atoms with van der Waals surface area (Å²) >= 11 is 5.45. The van der Waals surface area contributed by atoms with Crippen LogP contribution in [0.2, 0.25) is 0 Å². The topological polar surface area (TPSA) is 26.3 Å². The van der Waals surface area contributed by atoms with Gasteiger partial charge in [-0.1, -0.05) is 37.7 Å². The molecule has 148 valence electrons. The number of fused-ring (bicyclic) bond motifs is 5. The van der Waals surface area contributed by atoms with E-state index < -0.39 is 0 Å². The highest BCUT2D eigenvalue weighted by Crippen LogP contribution is 2.67. The predicted octanol–water partition coefficient (Wildman–Crippen LogP) is 6.05. The first kappa shape index (κ1) is 19.4. The second kappa shape index (κ2) is 6.27. The molecule has 2 nitrogen and oxygen atoms in total. The number of ether oxygens (including phenoxy) is 1. The molecule has 0 saturated heterocycles. The lowest BCUT2D eigenvalue weighted by Crippen LogP contribution is -2.52. The number of thiocarbonyl (C=S) groups is 1. The van der Waals surface area contributed by atoms with Crippen LogP contribution in [0.5, 0.6) is 0 Å². The second-order valence-corrected chi connectivity index (χ2v) is 10.9. The molecule has 0 unspecified atom stereocenters. The molecule has 0 bridgehead atoms. The van der Waals surface area contributed by atoms with E-state index in [1.54, 1.807) is 12.5 Å². The molecule has 0 aromatic rings. The number of hydrogen-bond acceptors (Lipinski definition) is 3. The van der Waals surface area contributed by atoms with Crippen molar-refractivity contribution >= 4 is 23.1 Å². The predicted molar refractivity (Wildman–Crippen MR) is 114 cm³/mol. The molecule has 0 amide bonds. The van der Waals surface area contributed by atoms with Gasteiger partial charge in [-0.25, -0.2) is 0 Å². The Morgan fingerprint density at radius 3 is 2.63 bits per heavy atom. The van der Waals surface area contributed by atoms with Gasteiger partial charge in [0.05, 0.1) is 0 Å². The molecule has 6 atom stereocenters. The molecule has 3 saturated carbocycles. The van der Waals surface area contributed by atoms with Crippen molar-refractivity contribution < 1.29 is 9.53 Å². The zero-order valence-corrected chi connectivity index (χ0v) is 18.3. The highest BCUT2D eigenvalue weighted by atomic mass is 32.1. The van der Waals surface area contributed by atoms with E-state index in [-0.39, 0.29) is 22.4 Å². The normalized spacial score (nSPS) is 43.4. The number of allylic oxidation sites excluding steroid dienone is 4. The maximum absolute atomic E-state index is 11.7. The van der Waals surface area contributed by atoms with Crippen LogP contribution in [0.15, 0.2) is 23.8 Å². The molecule has 4 aliphatic rings. The SMILES string of the molecule is CC(=O)OC(C)(C)[C@H]1CC[C@H]2[C@@H]3CCC4=CC(=S)C=C[C@]4(C)[C@H]3CC[C@]12C. The number of carbonyl (C=O) groups is 1. The minimum atomic E-state index is -0.372. The van der Waals surface area contributed by atoms with Crippen molar-refractivity contribution in [2.75, 3.05) is 0 Å². The fourth-order valence-corrected chi connectivity index (χ4v) is 7.99. The van der Waals surface area contributed by atoms with Crippen LogP contribution in [0.25, 0.3) is 0 Å². The summed E-state index contributed by atoms with van der Waals surface area (Å²) < 4.78 is 5.82. The Labute approximate surface area is 169 Å². The van der Waals surface area contributed by atoms with Gasteiger partial charge in [0.15, 0.2) is 0 Å². The molecule has 3 fully saturated rings. The molecule has 0 aromatic carbocycles. The number of esters is 1. The summed E-state index contributed by atoms with van der Waals surface area (Å²) in [5, 5.41) is 0. The summed E-state index contributed by atoms with van der Waals surface area (Å²) in [5.41, 5.74) is 1.67. The van der Waals surface area contributed by atoms with Crippen LogP contribution >= 0.6 is 12.2 Å². The van der Waals surface area contributed by atoms with Gasteiger partial charge in [-0.3, -0.25) is 4.79 Å². The third-order valence-corrected chi connectivity index (χ3v) is 9.06. The van der Waals surface area contributed by atoms with Gasteiger partial charge in [0.25, 0.3) is 0 Å². The van der Waals surface area contributed by atoms with Crippen LogP contribution in [0.1, 0.15) is 73.1 Å². The smallest absolute Gasteiger partial charge is 0.303 e. The lowest BCUT2D eigenvalue weighted by molar-refractivity contribution is -0.167. The Hall–Kier alpha value is -0.960. The van der Waals surface area contributed by atoms with Gasteiger partial charge in [-0.15, -0.1) is 0 Å². The van der Waals surface area contributed by atoms with Crippen molar-refractivity contribution in [3.63, 3.8) is 0 Å². The molecular formula is C24H34O2S. The van der Waals surface area contributed by atoms with E-state index in [4.69, 9.17) is 17.0 Å². The molecule has 0 N–H and O–H groups in total. The summed E-state index contributed by atoms with van der Waals surface area (Å²) in [6, 6.07) is 0. The maximum Gasteiger partial charge on any atom is 0.303 e. The molecule has 0 aliphatic heterocycles. The maximum atomic E-state index is 11.7. The summed E-state index contributed by atoms with van der Waals surface area (Å²) in [5.74, 6) is 2.56. The van der Waals surface area contributed by atoms with Crippen molar-refractivity contribution in [3.05, 3.63) is 23.8 Å². The van der Waals surface area contributed by atoms with Gasteiger partial charge in [0.2, 0.25) is 0 Å². The Kier molecular flexibility index (Phi) is 4.50. The summed E-state index contributed by atoms with van der Waals surface area (Å²) in [7, 11) is 0. The Balaban J connectivity index is 1.63. The molecule has 0 spiro atoms. The van der Waals surface area contributed by atoms with Crippen molar-refractivity contribution in [2.45, 2.75) is 78.7 Å². The van der Waals surface area contributed by atoms with E-state index in [0.717, 1.165) is 22.6 Å². The first-order valence-corrected chi connectivity index (χ1v) is 11.1. The standard InChI is InChI=1S/C24H34O2S/c1-15(25)26-22(2,3)21-9-8-19-18-7-6-16-14-17(27)10-12-23(16,4)20(18)11-13-24(19,21)5/h10,12,14,18-21H,6-9,11,13H2,1-5H3/t18-,19-,20-,21+,23-,24-/m0/s1. The van der Waals surface area contributed by atoms with Gasteiger partial charge in [-0.05, 0) is 87.7 Å². The monoisotopic (exact) mass is 386 g/mol. The summed E-state index contributed by atoms with van der Waals surface area (Å²) in [4.78, 5) is 12.7. The Morgan fingerprint density at radius 1 is 1.19 bits per heavy atom. The van der Waals surface area contributed by atoms with Crippen LogP contribution in [-0.4, -0.2) is 16.4 Å². The van der Waals surface area contributed by atoms with Crippen molar-refractivity contribution in [3.8, 4) is 0 Å². The Morgan fingerprint density at radius 2 is 1.93 bits per heavy atom. The lowest BCUT2D eigenvalue weighted by atomic mass is 9.47. The zero-order chi connectivity index (χ0) is 19.6. The van der Waals surface area contributed by atoms with E-state index in [1.165, 1.54) is 38.5 Å². The molecule has 0 aromatic heterocycles. The van der Waals surface area contributed by atoms with E-state index in [1.807, 2.05) is 0 Å².